The molecule has 2 N–H and O–H groups in total. The van der Waals surface area contributed by atoms with Gasteiger partial charge in [0.1, 0.15) is 3.51 Å². The van der Waals surface area contributed by atoms with Crippen LogP contribution >= 0.6 is 34.2 Å². The fourth-order valence-corrected chi connectivity index (χ4v) is 0. The molecule has 0 heterocycles. The molecule has 0 aliphatic carbocycles. The van der Waals surface area contributed by atoms with Crippen LogP contribution in [0, 0.1) is 0 Å². The SMILES string of the molecule is NC(Cl)I. The number of hydrogen-bond donors (Lipinski definition) is 1. The highest BCUT2D eigenvalue weighted by Gasteiger charge is 1.73. The Balaban J connectivity index is 2.32. The highest BCUT2D eigenvalue weighted by Crippen LogP contribution is 1.92. The van der Waals surface area contributed by atoms with E-state index in [2.05, 4.69) is 0 Å². The van der Waals surface area contributed by atoms with E-state index in [0.29, 0.717) is 0 Å². The van der Waals surface area contributed by atoms with Crippen LogP contribution in [0.1, 0.15) is 0 Å². The van der Waals surface area contributed by atoms with Crippen molar-refractivity contribution in [2.75, 3.05) is 0 Å². The van der Waals surface area contributed by atoms with Gasteiger partial charge >= 0.3 is 0 Å². The minimum atomic E-state index is -0.224. The molecule has 1 nitrogen and oxygen atoms in total. The normalized spacial score (nSPS) is 15.8. The first-order chi connectivity index (χ1) is 1.73. The van der Waals surface area contributed by atoms with Gasteiger partial charge in [-0.05, 0) is 22.6 Å². The summed E-state index contributed by atoms with van der Waals surface area (Å²) in [6.07, 6.45) is 0. The molecule has 0 rings (SSSR count). The van der Waals surface area contributed by atoms with Gasteiger partial charge in [-0.25, -0.2) is 0 Å². The van der Waals surface area contributed by atoms with Gasteiger partial charge in [0.25, 0.3) is 0 Å². The third kappa shape index (κ3) is 12.2. The van der Waals surface area contributed by atoms with E-state index < -0.39 is 0 Å². The first-order valence-electron chi connectivity index (χ1n) is 0.770. The minimum Gasteiger partial charge on any atom is -0.307 e. The fourth-order valence-electron chi connectivity index (χ4n) is 0. The van der Waals surface area contributed by atoms with Crippen molar-refractivity contribution in [3.8, 4) is 0 Å². The Morgan fingerprint density at radius 3 is 2.00 bits per heavy atom. The second kappa shape index (κ2) is 2.23. The number of halogens is 2. The van der Waals surface area contributed by atoms with Crippen LogP contribution < -0.4 is 5.73 Å². The number of hydrogen-bond acceptors (Lipinski definition) is 1. The Bertz CT molecular complexity index is 12.8. The average molecular weight is 191 g/mol. The monoisotopic (exact) mass is 191 g/mol. The van der Waals surface area contributed by atoms with Crippen molar-refractivity contribution in [3.63, 3.8) is 0 Å². The summed E-state index contributed by atoms with van der Waals surface area (Å²) >= 11 is 6.93. The molecule has 0 radical (unpaired) electrons. The van der Waals surface area contributed by atoms with Crippen molar-refractivity contribution in [1.82, 2.24) is 0 Å². The van der Waals surface area contributed by atoms with E-state index in [1.165, 1.54) is 0 Å². The van der Waals surface area contributed by atoms with Crippen LogP contribution in [0.5, 0.6) is 0 Å². The van der Waals surface area contributed by atoms with Crippen LogP contribution in [-0.4, -0.2) is 3.51 Å². The van der Waals surface area contributed by atoms with Crippen LogP contribution in [0.3, 0.4) is 0 Å². The quantitative estimate of drug-likeness (QED) is 0.344. The molecule has 0 aliphatic rings. The molecule has 0 fully saturated rings. The Kier molecular flexibility index (Phi) is 2.78. The molecule has 0 saturated carbocycles. The van der Waals surface area contributed by atoms with Gasteiger partial charge in [-0.1, -0.05) is 11.6 Å². The van der Waals surface area contributed by atoms with Crippen LogP contribution in [-0.2, 0) is 0 Å². The van der Waals surface area contributed by atoms with E-state index in [4.69, 9.17) is 17.3 Å². The van der Waals surface area contributed by atoms with Crippen molar-refractivity contribution in [1.29, 1.82) is 0 Å². The van der Waals surface area contributed by atoms with Crippen LogP contribution in [0.2, 0.25) is 0 Å². The summed E-state index contributed by atoms with van der Waals surface area (Å²) < 4.78 is -0.224. The van der Waals surface area contributed by atoms with Gasteiger partial charge in [0.2, 0.25) is 0 Å². The predicted molar refractivity (Wildman–Crippen MR) is 27.8 cm³/mol. The van der Waals surface area contributed by atoms with Gasteiger partial charge in [0, 0.05) is 0 Å². The van der Waals surface area contributed by atoms with Gasteiger partial charge in [0.15, 0.2) is 0 Å². The number of nitrogens with two attached hydrogens (primary N) is 1. The maximum atomic E-state index is 5.04. The third-order valence-electron chi connectivity index (χ3n) is 0. The van der Waals surface area contributed by atoms with Gasteiger partial charge < -0.3 is 5.73 Å². The average Bonchev–Trinajstić information content (AvgIpc) is 0.811. The topological polar surface area (TPSA) is 26.0 Å². The Morgan fingerprint density at radius 2 is 2.00 bits per heavy atom. The van der Waals surface area contributed by atoms with Crippen molar-refractivity contribution >= 4 is 34.2 Å². The zero-order valence-electron chi connectivity index (χ0n) is 1.91. The molecule has 26 valence electrons. The largest absolute Gasteiger partial charge is 0.307 e. The van der Waals surface area contributed by atoms with E-state index >= 15 is 0 Å². The van der Waals surface area contributed by atoms with E-state index in [0.717, 1.165) is 0 Å². The lowest BCUT2D eigenvalue weighted by atomic mass is 11.6. The van der Waals surface area contributed by atoms with Crippen LogP contribution in [0.15, 0.2) is 0 Å². The summed E-state index contributed by atoms with van der Waals surface area (Å²) in [5.74, 6) is 0. The van der Waals surface area contributed by atoms with Gasteiger partial charge in [0.05, 0.1) is 0 Å². The molecule has 0 saturated heterocycles. The summed E-state index contributed by atoms with van der Waals surface area (Å²) in [5.41, 5.74) is 4.86. The maximum absolute atomic E-state index is 5.04. The van der Waals surface area contributed by atoms with Crippen molar-refractivity contribution in [2.45, 2.75) is 3.51 Å². The third-order valence-corrected chi connectivity index (χ3v) is 0. The second-order valence-corrected chi connectivity index (χ2v) is 2.88. The number of alkyl halides is 2. The summed E-state index contributed by atoms with van der Waals surface area (Å²) in [5, 5.41) is 0. The lowest BCUT2D eigenvalue weighted by molar-refractivity contribution is 1.34. The summed E-state index contributed by atoms with van der Waals surface area (Å²) in [4.78, 5) is 0. The molecule has 0 aromatic rings. The van der Waals surface area contributed by atoms with Gasteiger partial charge in [-0.15, -0.1) is 0 Å². The Morgan fingerprint density at radius 1 is 2.00 bits per heavy atom. The van der Waals surface area contributed by atoms with Gasteiger partial charge in [-0.3, -0.25) is 0 Å². The van der Waals surface area contributed by atoms with Crippen molar-refractivity contribution < 1.29 is 0 Å². The van der Waals surface area contributed by atoms with E-state index in [1.54, 1.807) is 0 Å². The molecule has 0 bridgehead atoms. The summed E-state index contributed by atoms with van der Waals surface area (Å²) in [6, 6.07) is 0. The first-order valence-corrected chi connectivity index (χ1v) is 2.45. The lowest BCUT2D eigenvalue weighted by Crippen LogP contribution is -1.97. The molecule has 1 unspecified atom stereocenters. The molecule has 0 aromatic heterocycles. The molecule has 0 aromatic carbocycles. The smallest absolute Gasteiger partial charge is 0.132 e. The zero-order valence-corrected chi connectivity index (χ0v) is 4.82. The molecular formula is CH3ClIN. The van der Waals surface area contributed by atoms with Crippen molar-refractivity contribution in [3.05, 3.63) is 0 Å². The lowest BCUT2D eigenvalue weighted by Gasteiger charge is -1.75. The molecule has 0 spiro atoms. The Labute approximate surface area is 43.6 Å². The fraction of sp³-hybridized carbons (Fsp3) is 1.00. The standard InChI is InChI=1S/CH3ClIN/c2-1(3)4/h1H,4H2. The highest BCUT2D eigenvalue weighted by molar-refractivity contribution is 14.1. The first kappa shape index (κ1) is 4.98. The van der Waals surface area contributed by atoms with Crippen LogP contribution in [0.4, 0.5) is 0 Å². The second-order valence-electron chi connectivity index (χ2n) is 0.334. The summed E-state index contributed by atoms with van der Waals surface area (Å²) in [6.45, 7) is 0. The molecular weight excluding hydrogens is 188 g/mol. The van der Waals surface area contributed by atoms with Crippen molar-refractivity contribution in [2.24, 2.45) is 5.73 Å². The van der Waals surface area contributed by atoms with E-state index in [-0.39, 0.29) is 3.51 Å². The highest BCUT2D eigenvalue weighted by atomic mass is 127. The zero-order chi connectivity index (χ0) is 3.58. The predicted octanol–water partition coefficient (Wildman–Crippen LogP) is 0.903. The van der Waals surface area contributed by atoms with Crippen LogP contribution in [0.25, 0.3) is 0 Å². The Hall–Kier alpha value is 0.980. The van der Waals surface area contributed by atoms with E-state index in [1.807, 2.05) is 22.6 Å². The minimum absolute atomic E-state index is 0.224. The molecule has 4 heavy (non-hydrogen) atoms. The molecule has 1 atom stereocenters. The van der Waals surface area contributed by atoms with Gasteiger partial charge in [-0.2, -0.15) is 0 Å². The van der Waals surface area contributed by atoms with E-state index in [9.17, 15) is 0 Å². The summed E-state index contributed by atoms with van der Waals surface area (Å²) in [7, 11) is 0. The number of rotatable bonds is 0. The molecule has 0 aliphatic heterocycles. The maximum Gasteiger partial charge on any atom is 0.132 e. The molecule has 3 heteroatoms. The molecule has 0 amide bonds.